The molecule has 2 atom stereocenters. The molecule has 1 aliphatic heterocycles. The summed E-state index contributed by atoms with van der Waals surface area (Å²) in [5.41, 5.74) is 0.411. The number of aryl methyl sites for hydroxylation is 2. The maximum Gasteiger partial charge on any atom is 0.264 e. The van der Waals surface area contributed by atoms with Crippen molar-refractivity contribution in [3.63, 3.8) is 0 Å². The van der Waals surface area contributed by atoms with E-state index in [1.807, 2.05) is 4.90 Å². The molecule has 1 saturated heterocycles. The summed E-state index contributed by atoms with van der Waals surface area (Å²) in [6, 6.07) is 0.200. The van der Waals surface area contributed by atoms with Crippen LogP contribution in [-0.4, -0.2) is 55.4 Å². The van der Waals surface area contributed by atoms with E-state index in [9.17, 15) is 9.59 Å². The highest BCUT2D eigenvalue weighted by Gasteiger charge is 2.36. The van der Waals surface area contributed by atoms with Gasteiger partial charge in [-0.05, 0) is 12.8 Å². The number of carbonyl (C=O) groups is 1. The zero-order valence-corrected chi connectivity index (χ0v) is 14.4. The molecular formula is C17H23N5O3. The Labute approximate surface area is 145 Å². The summed E-state index contributed by atoms with van der Waals surface area (Å²) in [4.78, 5) is 31.4. The van der Waals surface area contributed by atoms with Gasteiger partial charge in [-0.1, -0.05) is 12.8 Å². The van der Waals surface area contributed by atoms with Crippen LogP contribution < -0.4 is 5.56 Å². The predicted octanol–water partition coefficient (Wildman–Crippen LogP) is 0.690. The first-order valence-corrected chi connectivity index (χ1v) is 8.93. The zero-order valence-electron chi connectivity index (χ0n) is 14.4. The van der Waals surface area contributed by atoms with E-state index in [1.165, 1.54) is 23.5 Å². The summed E-state index contributed by atoms with van der Waals surface area (Å²) in [5, 5.41) is 4.55. The summed E-state index contributed by atoms with van der Waals surface area (Å²) in [5.74, 6) is 0.0957. The molecule has 1 saturated carbocycles. The van der Waals surface area contributed by atoms with Gasteiger partial charge >= 0.3 is 0 Å². The van der Waals surface area contributed by atoms with Crippen LogP contribution in [0, 0.1) is 0 Å². The molecule has 1 amide bonds. The molecule has 0 bridgehead atoms. The second-order valence-corrected chi connectivity index (χ2v) is 6.85. The third-order valence-electron chi connectivity index (χ3n) is 5.34. The molecular weight excluding hydrogens is 322 g/mol. The summed E-state index contributed by atoms with van der Waals surface area (Å²) in [6.45, 7) is 1.59. The highest BCUT2D eigenvalue weighted by Crippen LogP contribution is 2.28. The molecule has 8 heteroatoms. The highest BCUT2D eigenvalue weighted by atomic mass is 16.5. The molecule has 0 unspecified atom stereocenters. The maximum absolute atomic E-state index is 12.7. The van der Waals surface area contributed by atoms with E-state index in [4.69, 9.17) is 4.74 Å². The molecule has 0 radical (unpaired) electrons. The van der Waals surface area contributed by atoms with Gasteiger partial charge in [-0.2, -0.15) is 5.10 Å². The summed E-state index contributed by atoms with van der Waals surface area (Å²) >= 11 is 0. The molecule has 0 spiro atoms. The topological polar surface area (TPSA) is 82.2 Å². The third-order valence-corrected chi connectivity index (χ3v) is 5.34. The van der Waals surface area contributed by atoms with Crippen LogP contribution in [0.2, 0.25) is 0 Å². The molecule has 2 aromatic rings. The van der Waals surface area contributed by atoms with Gasteiger partial charge in [-0.25, -0.2) is 4.98 Å². The van der Waals surface area contributed by atoms with E-state index in [1.54, 1.807) is 11.7 Å². The minimum absolute atomic E-state index is 0.0957. The minimum Gasteiger partial charge on any atom is -0.374 e. The molecule has 0 aromatic carbocycles. The molecule has 8 nitrogen and oxygen atoms in total. The number of hydrogen-bond donors (Lipinski definition) is 0. The molecule has 3 heterocycles. The first-order valence-electron chi connectivity index (χ1n) is 8.93. The quantitative estimate of drug-likeness (QED) is 0.817. The molecule has 134 valence electrons. The number of rotatable bonds is 3. The Bertz CT molecular complexity index is 840. The lowest BCUT2D eigenvalue weighted by molar-refractivity contribution is -0.149. The SMILES string of the molecule is Cn1ncc2c(=O)n(CCC(=O)N3CCO[C@H]4CCCC[C@H]43)cnc21. The van der Waals surface area contributed by atoms with Crippen molar-refractivity contribution in [2.45, 2.75) is 50.8 Å². The van der Waals surface area contributed by atoms with E-state index < -0.39 is 0 Å². The average molecular weight is 345 g/mol. The van der Waals surface area contributed by atoms with Crippen molar-refractivity contribution < 1.29 is 9.53 Å². The largest absolute Gasteiger partial charge is 0.374 e. The van der Waals surface area contributed by atoms with Gasteiger partial charge in [0.25, 0.3) is 5.56 Å². The standard InChI is InChI=1S/C17H23N5O3/c1-20-16-12(10-19-20)17(24)21(11-18-16)7-6-15(23)22-8-9-25-14-5-3-2-4-13(14)22/h10-11,13-14H,2-9H2,1H3/t13-,14+/m1/s1. The van der Waals surface area contributed by atoms with Gasteiger partial charge in [-0.3, -0.25) is 18.8 Å². The van der Waals surface area contributed by atoms with Crippen LogP contribution in [0.4, 0.5) is 0 Å². The fraction of sp³-hybridized carbons (Fsp3) is 0.647. The first kappa shape index (κ1) is 16.3. The van der Waals surface area contributed by atoms with Crippen LogP contribution in [0.25, 0.3) is 11.0 Å². The number of carbonyl (C=O) groups excluding carboxylic acids is 1. The van der Waals surface area contributed by atoms with Crippen LogP contribution in [0.5, 0.6) is 0 Å². The van der Waals surface area contributed by atoms with Crippen LogP contribution in [-0.2, 0) is 23.1 Å². The summed E-state index contributed by atoms with van der Waals surface area (Å²) in [6.07, 6.45) is 7.89. The number of aromatic nitrogens is 4. The number of hydrogen-bond acceptors (Lipinski definition) is 5. The number of fused-ring (bicyclic) bond motifs is 2. The van der Waals surface area contributed by atoms with E-state index in [-0.39, 0.29) is 23.6 Å². The Morgan fingerprint density at radius 1 is 1.36 bits per heavy atom. The number of ether oxygens (including phenoxy) is 1. The molecule has 2 aromatic heterocycles. The van der Waals surface area contributed by atoms with Gasteiger partial charge in [0.05, 0.1) is 31.3 Å². The van der Waals surface area contributed by atoms with Crippen molar-refractivity contribution in [3.05, 3.63) is 22.9 Å². The Kier molecular flexibility index (Phi) is 4.29. The molecule has 1 aliphatic carbocycles. The molecule has 4 rings (SSSR count). The van der Waals surface area contributed by atoms with E-state index in [2.05, 4.69) is 10.1 Å². The van der Waals surface area contributed by atoms with Crippen LogP contribution in [0.3, 0.4) is 0 Å². The Morgan fingerprint density at radius 3 is 3.08 bits per heavy atom. The first-order chi connectivity index (χ1) is 12.1. The van der Waals surface area contributed by atoms with Crippen molar-refractivity contribution >= 4 is 16.9 Å². The summed E-state index contributed by atoms with van der Waals surface area (Å²) in [7, 11) is 1.75. The van der Waals surface area contributed by atoms with Crippen molar-refractivity contribution in [2.75, 3.05) is 13.2 Å². The van der Waals surface area contributed by atoms with E-state index in [0.717, 1.165) is 19.3 Å². The highest BCUT2D eigenvalue weighted by molar-refractivity contribution is 5.77. The number of nitrogens with zero attached hydrogens (tertiary/aromatic N) is 5. The van der Waals surface area contributed by atoms with Gasteiger partial charge in [0, 0.05) is 26.6 Å². The lowest BCUT2D eigenvalue weighted by Crippen LogP contribution is -2.55. The molecule has 0 N–H and O–H groups in total. The minimum atomic E-state index is -0.150. The van der Waals surface area contributed by atoms with Gasteiger partial charge in [-0.15, -0.1) is 0 Å². The average Bonchev–Trinajstić information content (AvgIpc) is 3.02. The van der Waals surface area contributed by atoms with E-state index >= 15 is 0 Å². The Morgan fingerprint density at radius 2 is 2.20 bits per heavy atom. The second kappa shape index (κ2) is 6.59. The maximum atomic E-state index is 12.7. The Balaban J connectivity index is 1.46. The van der Waals surface area contributed by atoms with Crippen LogP contribution in [0.15, 0.2) is 17.3 Å². The monoisotopic (exact) mass is 345 g/mol. The number of amides is 1. The number of morpholine rings is 1. The van der Waals surface area contributed by atoms with Crippen molar-refractivity contribution in [1.82, 2.24) is 24.2 Å². The smallest absolute Gasteiger partial charge is 0.264 e. The van der Waals surface area contributed by atoms with Crippen molar-refractivity contribution in [3.8, 4) is 0 Å². The van der Waals surface area contributed by atoms with Crippen LogP contribution in [0.1, 0.15) is 32.1 Å². The second-order valence-electron chi connectivity index (χ2n) is 6.85. The molecule has 2 aliphatic rings. The Hall–Kier alpha value is -2.22. The fourth-order valence-corrected chi connectivity index (χ4v) is 3.99. The third kappa shape index (κ3) is 2.95. The normalized spacial score (nSPS) is 23.6. The van der Waals surface area contributed by atoms with Gasteiger partial charge in [0.15, 0.2) is 5.65 Å². The van der Waals surface area contributed by atoms with Crippen LogP contribution >= 0.6 is 0 Å². The van der Waals surface area contributed by atoms with Crippen molar-refractivity contribution in [2.24, 2.45) is 7.05 Å². The fourth-order valence-electron chi connectivity index (χ4n) is 3.99. The zero-order chi connectivity index (χ0) is 17.4. The predicted molar refractivity (Wildman–Crippen MR) is 91.1 cm³/mol. The van der Waals surface area contributed by atoms with Gasteiger partial charge in [0.1, 0.15) is 5.39 Å². The van der Waals surface area contributed by atoms with E-state index in [0.29, 0.717) is 37.2 Å². The van der Waals surface area contributed by atoms with Crippen molar-refractivity contribution in [1.29, 1.82) is 0 Å². The van der Waals surface area contributed by atoms with Gasteiger partial charge < -0.3 is 9.64 Å². The summed E-state index contributed by atoms with van der Waals surface area (Å²) < 4.78 is 8.90. The van der Waals surface area contributed by atoms with Gasteiger partial charge in [0.2, 0.25) is 5.91 Å². The lowest BCUT2D eigenvalue weighted by atomic mass is 9.90. The molecule has 25 heavy (non-hydrogen) atoms. The molecule has 2 fully saturated rings. The lowest BCUT2D eigenvalue weighted by Gasteiger charge is -2.43.